The lowest BCUT2D eigenvalue weighted by Gasteiger charge is -2.14. The van der Waals surface area contributed by atoms with Crippen molar-refractivity contribution in [2.75, 3.05) is 10.6 Å². The van der Waals surface area contributed by atoms with Crippen LogP contribution in [-0.2, 0) is 22.4 Å². The molecule has 0 saturated carbocycles. The Morgan fingerprint density at radius 2 is 1.85 bits per heavy atom. The van der Waals surface area contributed by atoms with Crippen molar-refractivity contribution >= 4 is 29.4 Å². The number of pyridine rings is 1. The third-order valence-corrected chi connectivity index (χ3v) is 6.73. The Kier molecular flexibility index (Phi) is 9.49. The lowest BCUT2D eigenvalue weighted by atomic mass is 10.1. The van der Waals surface area contributed by atoms with Crippen LogP contribution in [0.1, 0.15) is 41.0 Å². The molecule has 0 atom stereocenters. The number of hydrogen-bond acceptors (Lipinski definition) is 8. The number of anilines is 3. The Balaban J connectivity index is 1.33. The molecule has 0 unspecified atom stereocenters. The number of amides is 1. The van der Waals surface area contributed by atoms with E-state index in [1.165, 1.54) is 17.0 Å². The number of halogens is 3. The SMILES string of the molecule is Cc1cn(-c2cc(NC(=O)c3ccc(C)c(Nc4nccc(-c5ccc[n+](COC(=O)OC(C)C)c5)n4)c3)cc(C(F)(F)F)c2)cn1. The molecule has 0 aliphatic carbocycles. The first-order chi connectivity index (χ1) is 22.3. The highest BCUT2D eigenvalue weighted by molar-refractivity contribution is 6.05. The molecule has 0 spiro atoms. The predicted molar refractivity (Wildman–Crippen MR) is 166 cm³/mol. The monoisotopic (exact) mass is 646 g/mol. The second-order valence-corrected chi connectivity index (χ2v) is 10.9. The van der Waals surface area contributed by atoms with Gasteiger partial charge in [0.15, 0.2) is 12.4 Å². The molecule has 5 rings (SSSR count). The fourth-order valence-corrected chi connectivity index (χ4v) is 4.47. The number of aromatic nitrogens is 5. The number of hydrogen-bond donors (Lipinski definition) is 2. The lowest BCUT2D eigenvalue weighted by molar-refractivity contribution is -0.727. The van der Waals surface area contributed by atoms with E-state index in [0.717, 1.165) is 23.3 Å². The number of carbonyl (C=O) groups excluding carboxylic acids is 2. The number of carbonyl (C=O) groups is 2. The van der Waals surface area contributed by atoms with E-state index in [0.29, 0.717) is 17.1 Å². The Hall–Kier alpha value is -5.79. The quantitative estimate of drug-likeness (QED) is 0.133. The van der Waals surface area contributed by atoms with Crippen molar-refractivity contribution in [3.05, 3.63) is 108 Å². The average Bonchev–Trinajstić information content (AvgIpc) is 3.47. The van der Waals surface area contributed by atoms with E-state index in [4.69, 9.17) is 9.47 Å². The predicted octanol–water partition coefficient (Wildman–Crippen LogP) is 6.77. The van der Waals surface area contributed by atoms with Crippen molar-refractivity contribution < 1.29 is 36.8 Å². The van der Waals surface area contributed by atoms with Gasteiger partial charge in [-0.2, -0.15) is 17.7 Å². The number of rotatable bonds is 9. The fourth-order valence-electron chi connectivity index (χ4n) is 4.47. The molecule has 3 aromatic heterocycles. The maximum Gasteiger partial charge on any atom is 0.513 e. The van der Waals surface area contributed by atoms with Gasteiger partial charge >= 0.3 is 12.3 Å². The highest BCUT2D eigenvalue weighted by atomic mass is 19.4. The van der Waals surface area contributed by atoms with Crippen LogP contribution < -0.4 is 15.2 Å². The van der Waals surface area contributed by atoms with Crippen molar-refractivity contribution in [1.29, 1.82) is 0 Å². The fraction of sp³-hybridized carbons (Fsp3) is 0.212. The normalized spacial score (nSPS) is 11.3. The minimum Gasteiger partial charge on any atom is -0.431 e. The van der Waals surface area contributed by atoms with Crippen LogP contribution in [0.25, 0.3) is 16.9 Å². The van der Waals surface area contributed by atoms with Crippen LogP contribution in [0.2, 0.25) is 0 Å². The van der Waals surface area contributed by atoms with Crippen LogP contribution in [0.4, 0.5) is 35.3 Å². The van der Waals surface area contributed by atoms with E-state index >= 15 is 0 Å². The van der Waals surface area contributed by atoms with Gasteiger partial charge in [0.05, 0.1) is 34.9 Å². The molecule has 2 N–H and O–H groups in total. The Labute approximate surface area is 268 Å². The Bertz CT molecular complexity index is 1920. The summed E-state index contributed by atoms with van der Waals surface area (Å²) in [4.78, 5) is 38.0. The van der Waals surface area contributed by atoms with Crippen LogP contribution in [0.5, 0.6) is 0 Å². The van der Waals surface area contributed by atoms with Crippen molar-refractivity contribution in [1.82, 2.24) is 19.5 Å². The Morgan fingerprint density at radius 1 is 1.04 bits per heavy atom. The van der Waals surface area contributed by atoms with Crippen molar-refractivity contribution in [2.45, 2.75) is 46.7 Å². The zero-order chi connectivity index (χ0) is 33.7. The molecule has 5 aromatic rings. The topological polar surface area (TPSA) is 124 Å². The van der Waals surface area contributed by atoms with Gasteiger partial charge in [0.25, 0.3) is 12.6 Å². The molecule has 11 nitrogen and oxygen atoms in total. The maximum absolute atomic E-state index is 13.7. The number of nitrogens with one attached hydrogen (secondary N) is 2. The van der Waals surface area contributed by atoms with Gasteiger partial charge in [-0.25, -0.2) is 19.7 Å². The number of aryl methyl sites for hydroxylation is 2. The van der Waals surface area contributed by atoms with Gasteiger partial charge in [-0.3, -0.25) is 4.79 Å². The van der Waals surface area contributed by atoms with Crippen LogP contribution in [0, 0.1) is 13.8 Å². The standard InChI is InChI=1S/C33H30F3N7O4/c1-20(2)47-32(45)46-19-42-11-5-6-24(17-42)28-9-10-37-31(40-28)41-29-12-23(8-7-21(29)3)30(44)39-26-13-25(33(34,35)36)14-27(15-26)43-16-22(4)38-18-43/h5-18,20H,19H2,1-4H3,(H-,37,39,40,41,44)/p+1. The highest BCUT2D eigenvalue weighted by Gasteiger charge is 2.31. The molecule has 0 aliphatic heterocycles. The van der Waals surface area contributed by atoms with Crippen molar-refractivity contribution in [2.24, 2.45) is 0 Å². The van der Waals surface area contributed by atoms with Gasteiger partial charge in [0.2, 0.25) is 5.95 Å². The summed E-state index contributed by atoms with van der Waals surface area (Å²) in [6.07, 6.45) is 2.33. The summed E-state index contributed by atoms with van der Waals surface area (Å²) >= 11 is 0. The summed E-state index contributed by atoms with van der Waals surface area (Å²) in [6.45, 7) is 6.93. The van der Waals surface area contributed by atoms with Crippen LogP contribution in [-0.4, -0.2) is 37.7 Å². The van der Waals surface area contributed by atoms with E-state index in [2.05, 4.69) is 25.6 Å². The molecular weight excluding hydrogens is 615 g/mol. The lowest BCUT2D eigenvalue weighted by Crippen LogP contribution is -2.35. The van der Waals surface area contributed by atoms with Gasteiger partial charge in [-0.05, 0) is 75.7 Å². The maximum atomic E-state index is 13.7. The summed E-state index contributed by atoms with van der Waals surface area (Å²) in [5.41, 5.74) is 2.67. The molecule has 0 saturated heterocycles. The number of ether oxygens (including phenoxy) is 2. The van der Waals surface area contributed by atoms with E-state index < -0.39 is 23.8 Å². The number of nitrogens with zero attached hydrogens (tertiary/aromatic N) is 5. The first-order valence-corrected chi connectivity index (χ1v) is 14.4. The number of alkyl halides is 3. The molecule has 0 radical (unpaired) electrons. The number of benzene rings is 2. The summed E-state index contributed by atoms with van der Waals surface area (Å²) in [5.74, 6) is -0.364. The van der Waals surface area contributed by atoms with Gasteiger partial charge in [0.1, 0.15) is 0 Å². The third kappa shape index (κ3) is 8.48. The first-order valence-electron chi connectivity index (χ1n) is 14.4. The molecule has 47 heavy (non-hydrogen) atoms. The second kappa shape index (κ2) is 13.7. The zero-order valence-electron chi connectivity index (χ0n) is 25.9. The zero-order valence-corrected chi connectivity index (χ0v) is 25.9. The van der Waals surface area contributed by atoms with Crippen molar-refractivity contribution in [3.63, 3.8) is 0 Å². The van der Waals surface area contributed by atoms with Crippen molar-refractivity contribution in [3.8, 4) is 16.9 Å². The molecule has 0 bridgehead atoms. The van der Waals surface area contributed by atoms with E-state index in [1.54, 1.807) is 80.5 Å². The average molecular weight is 647 g/mol. The van der Waals surface area contributed by atoms with E-state index in [-0.39, 0.29) is 35.7 Å². The summed E-state index contributed by atoms with van der Waals surface area (Å²) in [6, 6.07) is 13.5. The minimum absolute atomic E-state index is 0.0281. The van der Waals surface area contributed by atoms with Crippen LogP contribution in [0.15, 0.2) is 85.7 Å². The number of imidazole rings is 1. The van der Waals surface area contributed by atoms with E-state index in [1.807, 2.05) is 13.0 Å². The third-order valence-electron chi connectivity index (χ3n) is 6.73. The van der Waals surface area contributed by atoms with Gasteiger partial charge in [-0.15, -0.1) is 0 Å². The Morgan fingerprint density at radius 3 is 2.57 bits per heavy atom. The second-order valence-electron chi connectivity index (χ2n) is 10.9. The highest BCUT2D eigenvalue weighted by Crippen LogP contribution is 2.33. The summed E-state index contributed by atoms with van der Waals surface area (Å²) < 4.78 is 54.4. The molecule has 1 amide bonds. The molecule has 3 heterocycles. The molecule has 0 fully saturated rings. The van der Waals surface area contributed by atoms with E-state index in [9.17, 15) is 22.8 Å². The molecule has 242 valence electrons. The molecule has 14 heteroatoms. The van der Waals surface area contributed by atoms with Crippen LogP contribution in [0.3, 0.4) is 0 Å². The van der Waals surface area contributed by atoms with Gasteiger partial charge < -0.3 is 24.7 Å². The summed E-state index contributed by atoms with van der Waals surface area (Å²) in [7, 11) is 0. The van der Waals surface area contributed by atoms with Gasteiger partial charge in [-0.1, -0.05) is 6.07 Å². The first kappa shape index (κ1) is 32.6. The molecular formula is C33H31F3N7O4+. The largest absolute Gasteiger partial charge is 0.513 e. The summed E-state index contributed by atoms with van der Waals surface area (Å²) in [5, 5.41) is 5.71. The van der Waals surface area contributed by atoms with Gasteiger partial charge in [0, 0.05) is 41.1 Å². The molecule has 2 aromatic carbocycles. The minimum atomic E-state index is -4.63. The smallest absolute Gasteiger partial charge is 0.431 e. The van der Waals surface area contributed by atoms with Crippen LogP contribution >= 0.6 is 0 Å². The molecule has 0 aliphatic rings.